The molecule has 0 aliphatic rings. The minimum absolute atomic E-state index is 0.153. The molecule has 2 rings (SSSR count). The molecule has 0 radical (unpaired) electrons. The Balaban J connectivity index is 2.20. The molecule has 7 heteroatoms. The summed E-state index contributed by atoms with van der Waals surface area (Å²) in [6.45, 7) is 0. The molecule has 98 valence electrons. The largest absolute Gasteiger partial charge is 0.389 e. The number of hydrogen-bond acceptors (Lipinski definition) is 3. The maximum Gasteiger partial charge on any atom is 0.265 e. The molecule has 1 heterocycles. The molecule has 0 unspecified atom stereocenters. The zero-order valence-corrected chi connectivity index (χ0v) is 14.2. The average molecular weight is 420 g/mol. The fourth-order valence-electron chi connectivity index (χ4n) is 1.39. The Hall–Kier alpha value is -0.760. The first-order valence-electron chi connectivity index (χ1n) is 5.13. The van der Waals surface area contributed by atoms with Crippen molar-refractivity contribution >= 4 is 72.0 Å². The molecular formula is C12H8Br2N2OS2. The van der Waals surface area contributed by atoms with E-state index < -0.39 is 0 Å². The first-order valence-corrected chi connectivity index (χ1v) is 7.94. The summed E-state index contributed by atoms with van der Waals surface area (Å²) < 4.78 is 1.65. The first-order chi connectivity index (χ1) is 8.97. The Kier molecular flexibility index (Phi) is 4.72. The van der Waals surface area contributed by atoms with Gasteiger partial charge in [0.05, 0.1) is 14.4 Å². The van der Waals surface area contributed by atoms with Crippen LogP contribution in [0.3, 0.4) is 0 Å². The maximum absolute atomic E-state index is 12.0. The summed E-state index contributed by atoms with van der Waals surface area (Å²) in [7, 11) is 0. The minimum atomic E-state index is -0.153. The molecule has 0 saturated heterocycles. The number of thiocarbonyl (C=S) groups is 1. The van der Waals surface area contributed by atoms with E-state index in [0.717, 1.165) is 13.8 Å². The highest BCUT2D eigenvalue weighted by atomic mass is 79.9. The molecule has 0 aliphatic heterocycles. The van der Waals surface area contributed by atoms with Gasteiger partial charge in [-0.2, -0.15) is 0 Å². The van der Waals surface area contributed by atoms with Crippen LogP contribution in [0, 0.1) is 0 Å². The van der Waals surface area contributed by atoms with Gasteiger partial charge in [0, 0.05) is 10.0 Å². The highest BCUT2D eigenvalue weighted by Crippen LogP contribution is 2.26. The van der Waals surface area contributed by atoms with Gasteiger partial charge in [-0.15, -0.1) is 11.3 Å². The van der Waals surface area contributed by atoms with Crippen molar-refractivity contribution in [3.8, 4) is 0 Å². The van der Waals surface area contributed by atoms with E-state index >= 15 is 0 Å². The molecule has 0 atom stereocenters. The predicted molar refractivity (Wildman–Crippen MR) is 90.0 cm³/mol. The van der Waals surface area contributed by atoms with E-state index in [-0.39, 0.29) is 5.91 Å². The quantitative estimate of drug-likeness (QED) is 0.734. The minimum Gasteiger partial charge on any atom is -0.389 e. The Bertz CT molecular complexity index is 655. The predicted octanol–water partition coefficient (Wildman–Crippen LogP) is 4.16. The van der Waals surface area contributed by atoms with Crippen LogP contribution in [-0.2, 0) is 0 Å². The number of halogens is 2. The second-order valence-corrected chi connectivity index (χ2v) is 7.37. The lowest BCUT2D eigenvalue weighted by molar-refractivity contribution is 0.103. The third-order valence-corrected chi connectivity index (χ3v) is 4.81. The third-order valence-electron chi connectivity index (χ3n) is 2.30. The van der Waals surface area contributed by atoms with Gasteiger partial charge < -0.3 is 11.1 Å². The van der Waals surface area contributed by atoms with Crippen LogP contribution in [0.2, 0.25) is 0 Å². The number of carbonyl (C=O) groups is 1. The third kappa shape index (κ3) is 3.62. The summed E-state index contributed by atoms with van der Waals surface area (Å²) in [6.07, 6.45) is 0. The van der Waals surface area contributed by atoms with Crippen molar-refractivity contribution in [2.24, 2.45) is 5.73 Å². The van der Waals surface area contributed by atoms with Crippen molar-refractivity contribution in [3.05, 3.63) is 49.0 Å². The van der Waals surface area contributed by atoms with Gasteiger partial charge in [-0.1, -0.05) is 12.2 Å². The van der Waals surface area contributed by atoms with Crippen LogP contribution in [-0.4, -0.2) is 10.9 Å². The van der Waals surface area contributed by atoms with Crippen molar-refractivity contribution < 1.29 is 4.79 Å². The zero-order valence-electron chi connectivity index (χ0n) is 9.44. The van der Waals surface area contributed by atoms with E-state index in [4.69, 9.17) is 18.0 Å². The number of nitrogens with two attached hydrogens (primary N) is 1. The smallest absolute Gasteiger partial charge is 0.265 e. The molecular weight excluding hydrogens is 412 g/mol. The van der Waals surface area contributed by atoms with E-state index in [1.807, 2.05) is 6.07 Å². The number of rotatable bonds is 3. The summed E-state index contributed by atoms with van der Waals surface area (Å²) in [5.41, 5.74) is 6.97. The number of anilines is 1. The van der Waals surface area contributed by atoms with Gasteiger partial charge in [-0.05, 0) is 62.2 Å². The van der Waals surface area contributed by atoms with Crippen molar-refractivity contribution in [2.45, 2.75) is 0 Å². The van der Waals surface area contributed by atoms with E-state index in [9.17, 15) is 4.79 Å². The number of nitrogens with one attached hydrogen (secondary N) is 1. The summed E-state index contributed by atoms with van der Waals surface area (Å²) >= 11 is 13.0. The molecule has 0 fully saturated rings. The van der Waals surface area contributed by atoms with Gasteiger partial charge >= 0.3 is 0 Å². The lowest BCUT2D eigenvalue weighted by Crippen LogP contribution is -2.12. The molecule has 3 N–H and O–H groups in total. The second-order valence-electron chi connectivity index (χ2n) is 3.62. The number of carbonyl (C=O) groups excluding carboxylic acids is 1. The van der Waals surface area contributed by atoms with Gasteiger partial charge in [0.15, 0.2) is 0 Å². The van der Waals surface area contributed by atoms with Crippen LogP contribution in [0.5, 0.6) is 0 Å². The molecule has 2 aromatic rings. The summed E-state index contributed by atoms with van der Waals surface area (Å²) in [5, 5.41) is 2.83. The SMILES string of the molecule is NC(=S)c1ccc(NC(=O)c2ccc(Br)s2)c(Br)c1. The Morgan fingerprint density at radius 1 is 1.26 bits per heavy atom. The molecule has 0 spiro atoms. The Morgan fingerprint density at radius 3 is 2.53 bits per heavy atom. The number of benzene rings is 1. The van der Waals surface area contributed by atoms with E-state index in [2.05, 4.69) is 37.2 Å². The van der Waals surface area contributed by atoms with E-state index in [1.165, 1.54) is 11.3 Å². The van der Waals surface area contributed by atoms with Crippen LogP contribution >= 0.6 is 55.4 Å². The molecule has 0 aliphatic carbocycles. The van der Waals surface area contributed by atoms with Crippen LogP contribution in [0.1, 0.15) is 15.2 Å². The van der Waals surface area contributed by atoms with Crippen molar-refractivity contribution in [3.63, 3.8) is 0 Å². The number of thiophene rings is 1. The lowest BCUT2D eigenvalue weighted by Gasteiger charge is -2.07. The highest BCUT2D eigenvalue weighted by Gasteiger charge is 2.11. The Morgan fingerprint density at radius 2 is 2.00 bits per heavy atom. The monoisotopic (exact) mass is 418 g/mol. The fraction of sp³-hybridized carbons (Fsp3) is 0. The summed E-state index contributed by atoms with van der Waals surface area (Å²) in [6, 6.07) is 8.92. The second kappa shape index (κ2) is 6.13. The van der Waals surface area contributed by atoms with Crippen LogP contribution in [0.4, 0.5) is 5.69 Å². The van der Waals surface area contributed by atoms with Crippen LogP contribution < -0.4 is 11.1 Å². The van der Waals surface area contributed by atoms with Gasteiger partial charge in [0.1, 0.15) is 4.99 Å². The normalized spacial score (nSPS) is 10.2. The summed E-state index contributed by atoms with van der Waals surface area (Å²) in [5.74, 6) is -0.153. The lowest BCUT2D eigenvalue weighted by atomic mass is 10.2. The Labute approximate surface area is 136 Å². The van der Waals surface area contributed by atoms with Gasteiger partial charge in [-0.25, -0.2) is 0 Å². The molecule has 0 saturated carbocycles. The van der Waals surface area contributed by atoms with Crippen molar-refractivity contribution in [1.82, 2.24) is 0 Å². The van der Waals surface area contributed by atoms with E-state index in [0.29, 0.717) is 15.6 Å². The number of hydrogen-bond donors (Lipinski definition) is 2. The standard InChI is InChI=1S/C12H8Br2N2OS2/c13-7-5-6(11(15)18)1-2-8(7)16-12(17)9-3-4-10(14)19-9/h1-5H,(H2,15,18)(H,16,17). The molecule has 3 nitrogen and oxygen atoms in total. The highest BCUT2D eigenvalue weighted by molar-refractivity contribution is 9.11. The van der Waals surface area contributed by atoms with Crippen molar-refractivity contribution in [2.75, 3.05) is 5.32 Å². The average Bonchev–Trinajstić information content (AvgIpc) is 2.78. The van der Waals surface area contributed by atoms with Crippen LogP contribution in [0.25, 0.3) is 0 Å². The fourth-order valence-corrected chi connectivity index (χ4v) is 3.28. The van der Waals surface area contributed by atoms with Gasteiger partial charge in [0.2, 0.25) is 0 Å². The topological polar surface area (TPSA) is 55.1 Å². The van der Waals surface area contributed by atoms with Crippen LogP contribution in [0.15, 0.2) is 38.6 Å². The van der Waals surface area contributed by atoms with E-state index in [1.54, 1.807) is 24.3 Å². The molecule has 19 heavy (non-hydrogen) atoms. The molecule has 1 aromatic heterocycles. The number of amides is 1. The summed E-state index contributed by atoms with van der Waals surface area (Å²) in [4.78, 5) is 13.0. The molecule has 1 aromatic carbocycles. The molecule has 1 amide bonds. The maximum atomic E-state index is 12.0. The van der Waals surface area contributed by atoms with Gasteiger partial charge in [0.25, 0.3) is 5.91 Å². The van der Waals surface area contributed by atoms with Crippen molar-refractivity contribution in [1.29, 1.82) is 0 Å². The first kappa shape index (κ1) is 14.6. The zero-order chi connectivity index (χ0) is 14.0. The molecule has 0 bridgehead atoms. The van der Waals surface area contributed by atoms with Gasteiger partial charge in [-0.3, -0.25) is 4.79 Å².